The summed E-state index contributed by atoms with van der Waals surface area (Å²) in [7, 11) is 0. The van der Waals surface area contributed by atoms with Crippen LogP contribution in [0.2, 0.25) is 5.02 Å². The van der Waals surface area contributed by atoms with Crippen molar-refractivity contribution in [1.82, 2.24) is 0 Å². The maximum Gasteiger partial charge on any atom is 0.201 e. The first-order valence-electron chi connectivity index (χ1n) is 14.3. The van der Waals surface area contributed by atoms with Crippen molar-refractivity contribution in [3.63, 3.8) is 0 Å². The summed E-state index contributed by atoms with van der Waals surface area (Å²) in [5.41, 5.74) is 0.916. The molecule has 4 saturated heterocycles. The second-order valence-corrected chi connectivity index (χ2v) is 12.2. The molecule has 0 radical (unpaired) electrons. The summed E-state index contributed by atoms with van der Waals surface area (Å²) >= 11 is 5.90. The number of ether oxygens (including phenoxy) is 4. The minimum atomic E-state index is -0.795. The molecule has 5 fully saturated rings. The molecule has 7 rings (SSSR count). The molecule has 1 spiro atoms. The Labute approximate surface area is 240 Å². The van der Waals surface area contributed by atoms with Gasteiger partial charge in [0.25, 0.3) is 0 Å². The molecule has 0 unspecified atom stereocenters. The number of ketones is 1. The second-order valence-electron chi connectivity index (χ2n) is 11.8. The molecule has 0 N–H and O–H groups in total. The smallest absolute Gasteiger partial charge is 0.201 e. The maximum absolute atomic E-state index is 12.3. The van der Waals surface area contributed by atoms with Crippen molar-refractivity contribution in [3.05, 3.63) is 70.8 Å². The quantitative estimate of drug-likeness (QED) is 0.149. The number of benzene rings is 2. The highest BCUT2D eigenvalue weighted by molar-refractivity contribution is 6.30. The molecule has 7 nitrogen and oxygen atoms in total. The van der Waals surface area contributed by atoms with Gasteiger partial charge in [-0.2, -0.15) is 0 Å². The van der Waals surface area contributed by atoms with E-state index in [0.717, 1.165) is 37.0 Å². The van der Waals surface area contributed by atoms with Gasteiger partial charge >= 0.3 is 0 Å². The van der Waals surface area contributed by atoms with Crippen LogP contribution in [0, 0.1) is 23.7 Å². The van der Waals surface area contributed by atoms with Crippen LogP contribution in [-0.2, 0) is 24.0 Å². The van der Waals surface area contributed by atoms with Gasteiger partial charge in [-0.15, -0.1) is 0 Å². The van der Waals surface area contributed by atoms with Crippen LogP contribution in [0.25, 0.3) is 6.08 Å². The highest BCUT2D eigenvalue weighted by Gasteiger charge is 2.69. The molecule has 0 amide bonds. The van der Waals surface area contributed by atoms with Gasteiger partial charge in [-0.25, -0.2) is 9.78 Å². The monoisotopic (exact) mass is 568 g/mol. The third-order valence-corrected chi connectivity index (χ3v) is 9.42. The van der Waals surface area contributed by atoms with Crippen LogP contribution in [0.4, 0.5) is 0 Å². The van der Waals surface area contributed by atoms with Gasteiger partial charge in [0.2, 0.25) is 5.79 Å². The Balaban J connectivity index is 1.02. The molecule has 214 valence electrons. The van der Waals surface area contributed by atoms with Crippen molar-refractivity contribution in [3.8, 4) is 5.75 Å². The number of halogens is 1. The SMILES string of the molecule is C[C@H]1[C@@H](OCCOc2ccc(/C=C/C(=O)c3ccc(Cl)cc3)cc2)O[C@@H]2O[C@@]3(C)CC[C@H]4[C@H](C)CC[C@@H]1[C@@]24OO3. The molecule has 4 heterocycles. The van der Waals surface area contributed by atoms with E-state index in [1.54, 1.807) is 36.4 Å². The van der Waals surface area contributed by atoms with Crippen molar-refractivity contribution in [2.24, 2.45) is 23.7 Å². The van der Waals surface area contributed by atoms with E-state index in [-0.39, 0.29) is 17.6 Å². The van der Waals surface area contributed by atoms with Crippen LogP contribution in [-0.4, -0.2) is 43.0 Å². The molecular weight excluding hydrogens is 532 g/mol. The Bertz CT molecular complexity index is 1230. The molecule has 5 aliphatic rings. The summed E-state index contributed by atoms with van der Waals surface area (Å²) in [4.78, 5) is 24.4. The topological polar surface area (TPSA) is 72.5 Å². The Morgan fingerprint density at radius 2 is 1.77 bits per heavy atom. The third kappa shape index (κ3) is 5.24. The first kappa shape index (κ1) is 27.9. The molecule has 8 heteroatoms. The fourth-order valence-corrected chi connectivity index (χ4v) is 7.07. The Morgan fingerprint density at radius 1 is 1.00 bits per heavy atom. The first-order chi connectivity index (χ1) is 19.3. The highest BCUT2D eigenvalue weighted by atomic mass is 35.5. The summed E-state index contributed by atoms with van der Waals surface area (Å²) in [6.45, 7) is 7.19. The molecular formula is C32H37ClO7. The Hall–Kier alpha value is -2.26. The van der Waals surface area contributed by atoms with E-state index in [0.29, 0.717) is 35.6 Å². The van der Waals surface area contributed by atoms with Gasteiger partial charge in [-0.05, 0) is 86.1 Å². The van der Waals surface area contributed by atoms with Gasteiger partial charge in [0, 0.05) is 28.8 Å². The fraction of sp³-hybridized carbons (Fsp3) is 0.531. The maximum atomic E-state index is 12.3. The van der Waals surface area contributed by atoms with Crippen LogP contribution >= 0.6 is 11.6 Å². The zero-order valence-corrected chi connectivity index (χ0v) is 24.0. The summed E-state index contributed by atoms with van der Waals surface area (Å²) < 4.78 is 25.0. The van der Waals surface area contributed by atoms with E-state index in [1.165, 1.54) is 0 Å². The lowest BCUT2D eigenvalue weighted by Crippen LogP contribution is -2.70. The van der Waals surface area contributed by atoms with Gasteiger partial charge in [-0.1, -0.05) is 43.7 Å². The summed E-state index contributed by atoms with van der Waals surface area (Å²) in [5, 5.41) is 0.604. The lowest BCUT2D eigenvalue weighted by Gasteiger charge is -2.60. The number of rotatable bonds is 8. The molecule has 40 heavy (non-hydrogen) atoms. The third-order valence-electron chi connectivity index (χ3n) is 9.17. The minimum Gasteiger partial charge on any atom is -0.491 e. The van der Waals surface area contributed by atoms with Crippen molar-refractivity contribution >= 4 is 23.5 Å². The number of allylic oxidation sites excluding steroid dienone is 1. The van der Waals surface area contributed by atoms with Crippen molar-refractivity contribution in [2.45, 2.75) is 70.4 Å². The van der Waals surface area contributed by atoms with Gasteiger partial charge in [-0.3, -0.25) is 4.79 Å². The van der Waals surface area contributed by atoms with Crippen LogP contribution in [0.3, 0.4) is 0 Å². The average molecular weight is 569 g/mol. The number of carbonyl (C=O) groups is 1. The largest absolute Gasteiger partial charge is 0.491 e. The zero-order valence-electron chi connectivity index (χ0n) is 23.2. The molecule has 8 atom stereocenters. The molecule has 2 aromatic rings. The lowest BCUT2D eigenvalue weighted by molar-refractivity contribution is -0.577. The van der Waals surface area contributed by atoms with E-state index < -0.39 is 24.0 Å². The highest BCUT2D eigenvalue weighted by Crippen LogP contribution is 2.60. The van der Waals surface area contributed by atoms with Gasteiger partial charge in [0.15, 0.2) is 24.0 Å². The Morgan fingerprint density at radius 3 is 2.55 bits per heavy atom. The molecule has 4 aliphatic heterocycles. The van der Waals surface area contributed by atoms with Crippen molar-refractivity contribution < 1.29 is 33.5 Å². The summed E-state index contributed by atoms with van der Waals surface area (Å²) in [6.07, 6.45) is 6.40. The fourth-order valence-electron chi connectivity index (χ4n) is 6.94. The molecule has 2 bridgehead atoms. The molecule has 1 aliphatic carbocycles. The second kappa shape index (κ2) is 11.2. The average Bonchev–Trinajstić information content (AvgIpc) is 3.19. The van der Waals surface area contributed by atoms with Gasteiger partial charge in [0.05, 0.1) is 6.61 Å². The number of hydrogen-bond donors (Lipinski definition) is 0. The van der Waals surface area contributed by atoms with Crippen LogP contribution in [0.5, 0.6) is 5.75 Å². The minimum absolute atomic E-state index is 0.0762. The van der Waals surface area contributed by atoms with E-state index in [1.807, 2.05) is 31.2 Å². The predicted molar refractivity (Wildman–Crippen MR) is 150 cm³/mol. The number of hydrogen-bond acceptors (Lipinski definition) is 7. The molecule has 1 saturated carbocycles. The van der Waals surface area contributed by atoms with Crippen LogP contribution < -0.4 is 4.74 Å². The van der Waals surface area contributed by atoms with E-state index in [9.17, 15) is 4.79 Å². The van der Waals surface area contributed by atoms with E-state index in [2.05, 4.69) is 13.8 Å². The zero-order chi connectivity index (χ0) is 27.9. The standard InChI is InChI=1S/C32H37ClO7/c1-20-4-14-27-21(2)29(37-30-32(27)26(20)16-17-31(3,38-30)39-40-32)36-19-18-35-25-12-5-22(6-13-25)7-15-28(34)23-8-10-24(33)11-9-23/h5-13,15,20-21,26-27,29-30H,4,14,16-19H2,1-3H3/b15-7+/t20-,21-,26+,27+,29+,30-,31-,32-/m1/s1. The van der Waals surface area contributed by atoms with Gasteiger partial charge < -0.3 is 18.9 Å². The molecule has 0 aromatic heterocycles. The van der Waals surface area contributed by atoms with Gasteiger partial charge in [0.1, 0.15) is 12.4 Å². The van der Waals surface area contributed by atoms with Crippen LogP contribution in [0.15, 0.2) is 54.6 Å². The summed E-state index contributed by atoms with van der Waals surface area (Å²) in [5.74, 6) is 1.08. The predicted octanol–water partition coefficient (Wildman–Crippen LogP) is 6.84. The number of fused-ring (bicyclic) bond motifs is 2. The number of carbonyl (C=O) groups excluding carboxylic acids is 1. The Kier molecular flexibility index (Phi) is 7.81. The normalized spacial score (nSPS) is 36.7. The molecule has 2 aromatic carbocycles. The first-order valence-corrected chi connectivity index (χ1v) is 14.7. The summed E-state index contributed by atoms with van der Waals surface area (Å²) in [6, 6.07) is 14.4. The van der Waals surface area contributed by atoms with E-state index in [4.69, 9.17) is 40.3 Å². The van der Waals surface area contributed by atoms with Crippen LogP contribution in [0.1, 0.15) is 62.4 Å². The van der Waals surface area contributed by atoms with Crippen molar-refractivity contribution in [2.75, 3.05) is 13.2 Å². The van der Waals surface area contributed by atoms with Crippen molar-refractivity contribution in [1.29, 1.82) is 0 Å². The van der Waals surface area contributed by atoms with E-state index >= 15 is 0 Å². The lowest BCUT2D eigenvalue weighted by atomic mass is 9.58.